The molecule has 1 aliphatic heterocycles. The first-order valence-electron chi connectivity index (χ1n) is 6.44. The second kappa shape index (κ2) is 5.40. The summed E-state index contributed by atoms with van der Waals surface area (Å²) in [6.07, 6.45) is 3.81. The van der Waals surface area contributed by atoms with Gasteiger partial charge in [0.05, 0.1) is 0 Å². The molecular formula is C14H21BrN2. The third-order valence-electron chi connectivity index (χ3n) is 3.80. The summed E-state index contributed by atoms with van der Waals surface area (Å²) < 4.78 is 1.11. The molecule has 3 heteroatoms. The van der Waals surface area contributed by atoms with Gasteiger partial charge in [0, 0.05) is 28.8 Å². The molecule has 1 aromatic carbocycles. The van der Waals surface area contributed by atoms with E-state index >= 15 is 0 Å². The Bertz CT molecular complexity index is 392. The van der Waals surface area contributed by atoms with E-state index in [9.17, 15) is 0 Å². The Hall–Kier alpha value is -0.540. The lowest BCUT2D eigenvalue weighted by molar-refractivity contribution is 0.625. The topological polar surface area (TPSA) is 29.3 Å². The van der Waals surface area contributed by atoms with Crippen LogP contribution in [0.3, 0.4) is 0 Å². The summed E-state index contributed by atoms with van der Waals surface area (Å²) in [6.45, 7) is 5.20. The number of halogens is 1. The monoisotopic (exact) mass is 296 g/mol. The summed E-state index contributed by atoms with van der Waals surface area (Å²) in [5.41, 5.74) is 8.44. The highest BCUT2D eigenvalue weighted by atomic mass is 79.9. The summed E-state index contributed by atoms with van der Waals surface area (Å²) in [4.78, 5) is 2.56. The Kier molecular flexibility index (Phi) is 4.10. The van der Waals surface area contributed by atoms with Crippen molar-refractivity contribution in [1.82, 2.24) is 0 Å². The molecule has 17 heavy (non-hydrogen) atoms. The molecule has 1 saturated heterocycles. The zero-order chi connectivity index (χ0) is 12.4. The third kappa shape index (κ3) is 2.50. The fraction of sp³-hybridized carbons (Fsp3) is 0.571. The molecule has 0 bridgehead atoms. The van der Waals surface area contributed by atoms with Crippen molar-refractivity contribution >= 4 is 21.6 Å². The number of nitrogens with two attached hydrogens (primary N) is 1. The predicted molar refractivity (Wildman–Crippen MR) is 77.3 cm³/mol. The largest absolute Gasteiger partial charge is 0.366 e. The summed E-state index contributed by atoms with van der Waals surface area (Å²) in [5, 5.41) is 0. The van der Waals surface area contributed by atoms with Gasteiger partial charge in [0.1, 0.15) is 0 Å². The van der Waals surface area contributed by atoms with Crippen molar-refractivity contribution in [2.45, 2.75) is 51.7 Å². The van der Waals surface area contributed by atoms with Crippen LogP contribution in [0.15, 0.2) is 22.7 Å². The van der Waals surface area contributed by atoms with E-state index in [2.05, 4.69) is 52.9 Å². The van der Waals surface area contributed by atoms with Crippen LogP contribution in [0.25, 0.3) is 0 Å². The van der Waals surface area contributed by atoms with Gasteiger partial charge >= 0.3 is 0 Å². The summed E-state index contributed by atoms with van der Waals surface area (Å²) in [7, 11) is 0. The molecule has 0 spiro atoms. The maximum Gasteiger partial charge on any atom is 0.0417 e. The first kappa shape index (κ1) is 12.9. The molecule has 0 saturated carbocycles. The highest BCUT2D eigenvalue weighted by Crippen LogP contribution is 2.35. The lowest BCUT2D eigenvalue weighted by Crippen LogP contribution is -2.35. The second-order valence-electron chi connectivity index (χ2n) is 4.87. The SMILES string of the molecule is CCC1CCC(C)N1c1ccc(Br)cc1CN. The lowest BCUT2D eigenvalue weighted by Gasteiger charge is -2.32. The van der Waals surface area contributed by atoms with Gasteiger partial charge in [0.2, 0.25) is 0 Å². The fourth-order valence-electron chi connectivity index (χ4n) is 2.88. The van der Waals surface area contributed by atoms with E-state index in [1.54, 1.807) is 0 Å². The van der Waals surface area contributed by atoms with Gasteiger partial charge in [-0.1, -0.05) is 22.9 Å². The molecule has 1 heterocycles. The van der Waals surface area contributed by atoms with Crippen molar-refractivity contribution in [3.8, 4) is 0 Å². The molecule has 1 fully saturated rings. The second-order valence-corrected chi connectivity index (χ2v) is 5.79. The molecule has 0 amide bonds. The lowest BCUT2D eigenvalue weighted by atomic mass is 10.1. The minimum Gasteiger partial charge on any atom is -0.366 e. The number of hydrogen-bond donors (Lipinski definition) is 1. The quantitative estimate of drug-likeness (QED) is 0.922. The van der Waals surface area contributed by atoms with E-state index in [0.717, 1.165) is 4.47 Å². The Morgan fingerprint density at radius 1 is 1.41 bits per heavy atom. The minimum absolute atomic E-state index is 0.606. The van der Waals surface area contributed by atoms with E-state index in [1.807, 2.05) is 0 Å². The van der Waals surface area contributed by atoms with Gasteiger partial charge in [0.25, 0.3) is 0 Å². The van der Waals surface area contributed by atoms with Crippen molar-refractivity contribution in [2.24, 2.45) is 5.73 Å². The first-order valence-corrected chi connectivity index (χ1v) is 7.23. The van der Waals surface area contributed by atoms with Gasteiger partial charge in [-0.05, 0) is 49.9 Å². The van der Waals surface area contributed by atoms with E-state index in [4.69, 9.17) is 5.73 Å². The van der Waals surface area contributed by atoms with Gasteiger partial charge in [-0.15, -0.1) is 0 Å². The van der Waals surface area contributed by atoms with Crippen molar-refractivity contribution < 1.29 is 0 Å². The maximum absolute atomic E-state index is 5.87. The zero-order valence-corrected chi connectivity index (χ0v) is 12.2. The molecule has 0 radical (unpaired) electrons. The number of rotatable bonds is 3. The van der Waals surface area contributed by atoms with E-state index in [0.29, 0.717) is 18.6 Å². The van der Waals surface area contributed by atoms with Crippen LogP contribution in [0.1, 0.15) is 38.7 Å². The Balaban J connectivity index is 2.38. The van der Waals surface area contributed by atoms with Crippen molar-refractivity contribution in [2.75, 3.05) is 4.90 Å². The standard InChI is InChI=1S/C14H21BrN2/c1-3-13-6-4-10(2)17(13)14-7-5-12(15)8-11(14)9-16/h5,7-8,10,13H,3-4,6,9,16H2,1-2H3. The predicted octanol–water partition coefficient (Wildman–Crippen LogP) is 3.68. The van der Waals surface area contributed by atoms with Crippen LogP contribution >= 0.6 is 15.9 Å². The highest BCUT2D eigenvalue weighted by molar-refractivity contribution is 9.10. The fourth-order valence-corrected chi connectivity index (χ4v) is 3.28. The van der Waals surface area contributed by atoms with Crippen LogP contribution in [0, 0.1) is 0 Å². The Morgan fingerprint density at radius 3 is 2.82 bits per heavy atom. The molecule has 94 valence electrons. The molecule has 0 aromatic heterocycles. The molecule has 1 aromatic rings. The maximum atomic E-state index is 5.87. The first-order chi connectivity index (χ1) is 8.17. The van der Waals surface area contributed by atoms with Gasteiger partial charge in [-0.3, -0.25) is 0 Å². The number of anilines is 1. The highest BCUT2D eigenvalue weighted by Gasteiger charge is 2.30. The van der Waals surface area contributed by atoms with Crippen molar-refractivity contribution in [1.29, 1.82) is 0 Å². The molecule has 2 nitrogen and oxygen atoms in total. The Labute approximate surface area is 112 Å². The van der Waals surface area contributed by atoms with Gasteiger partial charge in [-0.25, -0.2) is 0 Å². The molecule has 2 unspecified atom stereocenters. The summed E-state index contributed by atoms with van der Waals surface area (Å²) in [6, 6.07) is 7.78. The molecule has 1 aliphatic rings. The minimum atomic E-state index is 0.606. The van der Waals surface area contributed by atoms with Gasteiger partial charge < -0.3 is 10.6 Å². The van der Waals surface area contributed by atoms with Crippen LogP contribution in [0.5, 0.6) is 0 Å². The number of hydrogen-bond acceptors (Lipinski definition) is 2. The van der Waals surface area contributed by atoms with Crippen LogP contribution in [-0.4, -0.2) is 12.1 Å². The molecule has 2 rings (SSSR count). The van der Waals surface area contributed by atoms with Crippen LogP contribution < -0.4 is 10.6 Å². The molecular weight excluding hydrogens is 276 g/mol. The van der Waals surface area contributed by atoms with Crippen molar-refractivity contribution in [3.05, 3.63) is 28.2 Å². The zero-order valence-electron chi connectivity index (χ0n) is 10.6. The Morgan fingerprint density at radius 2 is 2.18 bits per heavy atom. The van der Waals surface area contributed by atoms with Gasteiger partial charge in [-0.2, -0.15) is 0 Å². The van der Waals surface area contributed by atoms with Crippen LogP contribution in [0.4, 0.5) is 5.69 Å². The number of nitrogens with zero attached hydrogens (tertiary/aromatic N) is 1. The van der Waals surface area contributed by atoms with Crippen molar-refractivity contribution in [3.63, 3.8) is 0 Å². The van der Waals surface area contributed by atoms with Crippen LogP contribution in [0.2, 0.25) is 0 Å². The van der Waals surface area contributed by atoms with E-state index in [1.165, 1.54) is 30.5 Å². The smallest absolute Gasteiger partial charge is 0.0417 e. The average Bonchev–Trinajstić information content (AvgIpc) is 2.70. The normalized spacial score (nSPS) is 24.4. The average molecular weight is 297 g/mol. The summed E-state index contributed by atoms with van der Waals surface area (Å²) in [5.74, 6) is 0. The van der Waals surface area contributed by atoms with Gasteiger partial charge in [0.15, 0.2) is 0 Å². The molecule has 2 atom stereocenters. The summed E-state index contributed by atoms with van der Waals surface area (Å²) >= 11 is 3.52. The number of benzene rings is 1. The molecule has 2 N–H and O–H groups in total. The molecule has 0 aliphatic carbocycles. The van der Waals surface area contributed by atoms with Crippen LogP contribution in [-0.2, 0) is 6.54 Å². The van der Waals surface area contributed by atoms with E-state index < -0.39 is 0 Å². The third-order valence-corrected chi connectivity index (χ3v) is 4.29. The van der Waals surface area contributed by atoms with E-state index in [-0.39, 0.29) is 0 Å².